The first-order valence-corrected chi connectivity index (χ1v) is 3.58. The molecule has 0 N–H and O–H groups in total. The fourth-order valence-corrected chi connectivity index (χ4v) is 1.10. The third kappa shape index (κ3) is 1.19. The predicted molar refractivity (Wildman–Crippen MR) is 46.8 cm³/mol. The summed E-state index contributed by atoms with van der Waals surface area (Å²) in [5.74, 6) is 0.273. The van der Waals surface area contributed by atoms with E-state index in [1.165, 1.54) is 0 Å². The van der Waals surface area contributed by atoms with E-state index in [2.05, 4.69) is 16.1 Å². The van der Waals surface area contributed by atoms with Crippen LogP contribution in [0.15, 0.2) is 46.1 Å². The van der Waals surface area contributed by atoms with Crippen LogP contribution >= 0.6 is 0 Å². The first-order chi connectivity index (χ1) is 5.47. The number of hydrogen-bond acceptors (Lipinski definition) is 2. The van der Waals surface area contributed by atoms with Gasteiger partial charge in [-0.3, -0.25) is 0 Å². The maximum atomic E-state index is 4.15. The summed E-state index contributed by atoms with van der Waals surface area (Å²) in [4.78, 5) is 8.11. The van der Waals surface area contributed by atoms with Crippen molar-refractivity contribution in [2.24, 2.45) is 15.9 Å². The average Bonchev–Trinajstić information content (AvgIpc) is 2.28. The molecule has 0 saturated heterocycles. The van der Waals surface area contributed by atoms with Gasteiger partial charge in [0.05, 0.1) is 11.6 Å². The van der Waals surface area contributed by atoms with Gasteiger partial charge in [-0.25, -0.2) is 9.98 Å². The van der Waals surface area contributed by atoms with Gasteiger partial charge in [-0.1, -0.05) is 24.3 Å². The fraction of sp³-hybridized carbons (Fsp3) is 0.111. The molecule has 0 bridgehead atoms. The molecule has 2 heteroatoms. The molecule has 0 spiro atoms. The first-order valence-electron chi connectivity index (χ1n) is 3.58. The molecule has 0 radical (unpaired) electrons. The Hall–Kier alpha value is -1.44. The van der Waals surface area contributed by atoms with Crippen molar-refractivity contribution in [1.82, 2.24) is 0 Å². The summed E-state index contributed by atoms with van der Waals surface area (Å²) in [6.45, 7) is 0. The van der Waals surface area contributed by atoms with E-state index in [-0.39, 0.29) is 5.92 Å². The monoisotopic (exact) mass is 144 g/mol. The molecule has 54 valence electrons. The number of fused-ring (bicyclic) bond motifs is 1. The third-order valence-corrected chi connectivity index (χ3v) is 1.67. The van der Waals surface area contributed by atoms with Gasteiger partial charge in [-0.2, -0.15) is 0 Å². The molecule has 0 saturated carbocycles. The van der Waals surface area contributed by atoms with E-state index >= 15 is 0 Å². The summed E-state index contributed by atoms with van der Waals surface area (Å²) in [5, 5.41) is 0. The van der Waals surface area contributed by atoms with Crippen molar-refractivity contribution in [2.75, 3.05) is 0 Å². The van der Waals surface area contributed by atoms with Gasteiger partial charge >= 0.3 is 0 Å². The highest BCUT2D eigenvalue weighted by atomic mass is 14.9. The minimum atomic E-state index is 0.273. The Labute approximate surface area is 65.4 Å². The van der Waals surface area contributed by atoms with Crippen molar-refractivity contribution in [3.63, 3.8) is 0 Å². The second kappa shape index (κ2) is 2.66. The zero-order chi connectivity index (χ0) is 7.52. The molecule has 1 atom stereocenters. The topological polar surface area (TPSA) is 24.7 Å². The fourth-order valence-electron chi connectivity index (χ4n) is 1.10. The van der Waals surface area contributed by atoms with Crippen molar-refractivity contribution in [3.8, 4) is 0 Å². The molecular formula is C9H8N2. The summed E-state index contributed by atoms with van der Waals surface area (Å²) >= 11 is 0. The van der Waals surface area contributed by atoms with Crippen molar-refractivity contribution in [2.45, 2.75) is 0 Å². The van der Waals surface area contributed by atoms with Crippen LogP contribution in [0, 0.1) is 5.92 Å². The SMILES string of the molecule is C1=CC=C2N=CN=CC2C=C1. The largest absolute Gasteiger partial charge is 0.248 e. The molecular weight excluding hydrogens is 136 g/mol. The minimum Gasteiger partial charge on any atom is -0.248 e. The highest BCUT2D eigenvalue weighted by Crippen LogP contribution is 2.16. The van der Waals surface area contributed by atoms with Gasteiger partial charge in [-0.05, 0) is 6.08 Å². The van der Waals surface area contributed by atoms with E-state index in [0.29, 0.717) is 0 Å². The molecule has 2 rings (SSSR count). The molecule has 0 fully saturated rings. The zero-order valence-corrected chi connectivity index (χ0v) is 6.01. The number of rotatable bonds is 0. The van der Waals surface area contributed by atoms with Crippen LogP contribution < -0.4 is 0 Å². The molecule has 11 heavy (non-hydrogen) atoms. The molecule has 1 heterocycles. The van der Waals surface area contributed by atoms with Crippen LogP contribution in [0.25, 0.3) is 0 Å². The van der Waals surface area contributed by atoms with Crippen molar-refractivity contribution in [3.05, 3.63) is 36.1 Å². The van der Waals surface area contributed by atoms with E-state index in [4.69, 9.17) is 0 Å². The summed E-state index contributed by atoms with van der Waals surface area (Å²) in [6, 6.07) is 0. The molecule has 2 nitrogen and oxygen atoms in total. The highest BCUT2D eigenvalue weighted by molar-refractivity contribution is 5.81. The zero-order valence-electron chi connectivity index (χ0n) is 6.01. The molecule has 0 aromatic carbocycles. The van der Waals surface area contributed by atoms with Gasteiger partial charge in [0, 0.05) is 6.21 Å². The van der Waals surface area contributed by atoms with E-state index in [1.54, 1.807) is 6.34 Å². The van der Waals surface area contributed by atoms with Gasteiger partial charge < -0.3 is 0 Å². The summed E-state index contributed by atoms with van der Waals surface area (Å²) in [5.41, 5.74) is 1.06. The molecule has 0 aromatic heterocycles. The lowest BCUT2D eigenvalue weighted by atomic mass is 10.1. The van der Waals surface area contributed by atoms with E-state index in [1.807, 2.05) is 30.5 Å². The number of hydrogen-bond donors (Lipinski definition) is 0. The maximum Gasteiger partial charge on any atom is 0.115 e. The Morgan fingerprint density at radius 2 is 2.18 bits per heavy atom. The standard InChI is InChI=1S/C9H8N2/c1-2-4-8-6-10-7-11-9(8)5-3-1/h1-8H. The lowest BCUT2D eigenvalue weighted by Crippen LogP contribution is -2.04. The van der Waals surface area contributed by atoms with Gasteiger partial charge in [0.25, 0.3) is 0 Å². The van der Waals surface area contributed by atoms with Crippen LogP contribution in [0.3, 0.4) is 0 Å². The van der Waals surface area contributed by atoms with Crippen LogP contribution in [-0.4, -0.2) is 12.6 Å². The summed E-state index contributed by atoms with van der Waals surface area (Å²) in [7, 11) is 0. The quantitative estimate of drug-likeness (QED) is 0.494. The molecule has 0 amide bonds. The lowest BCUT2D eigenvalue weighted by Gasteiger charge is -2.08. The van der Waals surface area contributed by atoms with E-state index in [0.717, 1.165) is 5.70 Å². The second-order valence-corrected chi connectivity index (χ2v) is 2.43. The Kier molecular flexibility index (Phi) is 1.52. The Balaban J connectivity index is 2.39. The normalized spacial score (nSPS) is 26.2. The summed E-state index contributed by atoms with van der Waals surface area (Å²) in [6.07, 6.45) is 13.6. The Morgan fingerprint density at radius 1 is 1.18 bits per heavy atom. The summed E-state index contributed by atoms with van der Waals surface area (Å²) < 4.78 is 0. The number of aliphatic imine (C=N–C) groups is 2. The number of nitrogens with zero attached hydrogens (tertiary/aromatic N) is 2. The minimum absolute atomic E-state index is 0.273. The molecule has 1 unspecified atom stereocenters. The van der Waals surface area contributed by atoms with Gasteiger partial charge in [0.15, 0.2) is 0 Å². The van der Waals surface area contributed by atoms with Gasteiger partial charge in [0.1, 0.15) is 6.34 Å². The van der Waals surface area contributed by atoms with Crippen LogP contribution in [-0.2, 0) is 0 Å². The predicted octanol–water partition coefficient (Wildman–Crippen LogP) is 1.73. The van der Waals surface area contributed by atoms with E-state index in [9.17, 15) is 0 Å². The molecule has 2 aliphatic rings. The van der Waals surface area contributed by atoms with Crippen molar-refractivity contribution < 1.29 is 0 Å². The van der Waals surface area contributed by atoms with Crippen molar-refractivity contribution in [1.29, 1.82) is 0 Å². The van der Waals surface area contributed by atoms with Crippen LogP contribution in [0.5, 0.6) is 0 Å². The Bertz CT molecular complexity index is 293. The van der Waals surface area contributed by atoms with E-state index < -0.39 is 0 Å². The molecule has 1 aliphatic heterocycles. The number of allylic oxidation sites excluding steroid dienone is 5. The molecule has 1 aliphatic carbocycles. The first kappa shape index (κ1) is 6.28. The third-order valence-electron chi connectivity index (χ3n) is 1.67. The van der Waals surface area contributed by atoms with Crippen LogP contribution in [0.1, 0.15) is 0 Å². The van der Waals surface area contributed by atoms with Gasteiger partial charge in [0.2, 0.25) is 0 Å². The maximum absolute atomic E-state index is 4.15. The van der Waals surface area contributed by atoms with Crippen LogP contribution in [0.2, 0.25) is 0 Å². The lowest BCUT2D eigenvalue weighted by molar-refractivity contribution is 1.01. The highest BCUT2D eigenvalue weighted by Gasteiger charge is 2.09. The second-order valence-electron chi connectivity index (χ2n) is 2.43. The Morgan fingerprint density at radius 3 is 3.18 bits per heavy atom. The smallest absolute Gasteiger partial charge is 0.115 e. The molecule has 0 aromatic rings. The van der Waals surface area contributed by atoms with Gasteiger partial charge in [-0.15, -0.1) is 0 Å². The van der Waals surface area contributed by atoms with Crippen LogP contribution in [0.4, 0.5) is 0 Å². The van der Waals surface area contributed by atoms with Crippen molar-refractivity contribution >= 4 is 12.6 Å². The average molecular weight is 144 g/mol.